The van der Waals surface area contributed by atoms with Gasteiger partial charge in [0.25, 0.3) is 0 Å². The number of ether oxygens (including phenoxy) is 1. The summed E-state index contributed by atoms with van der Waals surface area (Å²) in [5, 5.41) is 6.97. The summed E-state index contributed by atoms with van der Waals surface area (Å²) in [7, 11) is 0. The molecule has 1 aromatic heterocycles. The summed E-state index contributed by atoms with van der Waals surface area (Å²) in [6.45, 7) is 0.255. The lowest BCUT2D eigenvalue weighted by Gasteiger charge is -2.35. The highest BCUT2D eigenvalue weighted by molar-refractivity contribution is 5.83. The quantitative estimate of drug-likeness (QED) is 0.616. The Labute approximate surface area is 163 Å². The summed E-state index contributed by atoms with van der Waals surface area (Å²) in [4.78, 5) is 27.2. The summed E-state index contributed by atoms with van der Waals surface area (Å²) in [5.41, 5.74) is 3.01. The molecule has 0 unspecified atom stereocenters. The van der Waals surface area contributed by atoms with Crippen molar-refractivity contribution in [3.63, 3.8) is 0 Å². The van der Waals surface area contributed by atoms with Crippen LogP contribution in [0.5, 0.6) is 0 Å². The van der Waals surface area contributed by atoms with Crippen LogP contribution in [0.3, 0.4) is 0 Å². The molecule has 4 rings (SSSR count). The van der Waals surface area contributed by atoms with Gasteiger partial charge in [-0.1, -0.05) is 36.4 Å². The Morgan fingerprint density at radius 3 is 2.57 bits per heavy atom. The first-order valence-corrected chi connectivity index (χ1v) is 9.48. The lowest BCUT2D eigenvalue weighted by Crippen LogP contribution is -2.54. The molecule has 2 aromatic carbocycles. The number of alkyl carbamates (subject to hydrolysis) is 1. The van der Waals surface area contributed by atoms with Crippen molar-refractivity contribution in [1.29, 1.82) is 0 Å². The standard InChI is InChI=1S/C22H23N3O3/c26-21(11-16-6-7-20-17(10-16)8-9-23-20)24-18-12-19(13-18)25-22(27)28-14-15-4-2-1-3-5-15/h1-10,18-19,23H,11-14H2,(H,24,26)(H,25,27)/t18-,19-. The Kier molecular flexibility index (Phi) is 5.28. The Bertz CT molecular complexity index is 961. The lowest BCUT2D eigenvalue weighted by molar-refractivity contribution is -0.121. The molecule has 0 spiro atoms. The number of carbonyl (C=O) groups is 2. The van der Waals surface area contributed by atoms with Crippen molar-refractivity contribution in [3.8, 4) is 0 Å². The number of fused-ring (bicyclic) bond motifs is 1. The van der Waals surface area contributed by atoms with Gasteiger partial charge in [0, 0.05) is 23.8 Å². The highest BCUT2D eigenvalue weighted by atomic mass is 16.5. The average Bonchev–Trinajstić information content (AvgIpc) is 3.13. The summed E-state index contributed by atoms with van der Waals surface area (Å²) >= 11 is 0. The molecule has 1 heterocycles. The maximum atomic E-state index is 12.2. The van der Waals surface area contributed by atoms with Crippen LogP contribution in [0.25, 0.3) is 10.9 Å². The number of aromatic amines is 1. The summed E-state index contributed by atoms with van der Waals surface area (Å²) in [5.74, 6) is 0.00462. The molecule has 2 amide bonds. The molecule has 1 fully saturated rings. The molecule has 0 bridgehead atoms. The van der Waals surface area contributed by atoms with Gasteiger partial charge in [0.2, 0.25) is 5.91 Å². The minimum absolute atomic E-state index is 0.00462. The van der Waals surface area contributed by atoms with Crippen LogP contribution in [0.2, 0.25) is 0 Å². The summed E-state index contributed by atoms with van der Waals surface area (Å²) in [6.07, 6.45) is 3.28. The second-order valence-corrected chi connectivity index (χ2v) is 7.21. The zero-order valence-corrected chi connectivity index (χ0v) is 15.5. The molecule has 1 aliphatic rings. The van der Waals surface area contributed by atoms with E-state index in [4.69, 9.17) is 4.74 Å². The van der Waals surface area contributed by atoms with Crippen LogP contribution in [0.15, 0.2) is 60.8 Å². The van der Waals surface area contributed by atoms with Gasteiger partial charge in [-0.15, -0.1) is 0 Å². The highest BCUT2D eigenvalue weighted by Crippen LogP contribution is 2.21. The van der Waals surface area contributed by atoms with E-state index in [9.17, 15) is 9.59 Å². The number of hydrogen-bond donors (Lipinski definition) is 3. The molecule has 0 atom stereocenters. The maximum Gasteiger partial charge on any atom is 0.407 e. The predicted octanol–water partition coefficient (Wildman–Crippen LogP) is 3.28. The predicted molar refractivity (Wildman–Crippen MR) is 107 cm³/mol. The number of H-pyrrole nitrogens is 1. The third kappa shape index (κ3) is 4.52. The van der Waals surface area contributed by atoms with Crippen LogP contribution >= 0.6 is 0 Å². The van der Waals surface area contributed by atoms with Gasteiger partial charge < -0.3 is 20.4 Å². The van der Waals surface area contributed by atoms with E-state index in [0.717, 1.165) is 34.9 Å². The molecular weight excluding hydrogens is 354 g/mol. The van der Waals surface area contributed by atoms with E-state index in [1.807, 2.05) is 60.8 Å². The van der Waals surface area contributed by atoms with E-state index >= 15 is 0 Å². The van der Waals surface area contributed by atoms with Gasteiger partial charge in [0.05, 0.1) is 6.42 Å². The maximum absolute atomic E-state index is 12.2. The van der Waals surface area contributed by atoms with Crippen molar-refractivity contribution >= 4 is 22.9 Å². The van der Waals surface area contributed by atoms with Crippen LogP contribution in [0.1, 0.15) is 24.0 Å². The van der Waals surface area contributed by atoms with Crippen molar-refractivity contribution in [2.45, 2.75) is 38.0 Å². The third-order valence-electron chi connectivity index (χ3n) is 5.02. The monoisotopic (exact) mass is 377 g/mol. The number of amides is 2. The van der Waals surface area contributed by atoms with Crippen LogP contribution in [0.4, 0.5) is 4.79 Å². The van der Waals surface area contributed by atoms with Gasteiger partial charge in [-0.2, -0.15) is 0 Å². The van der Waals surface area contributed by atoms with E-state index in [1.165, 1.54) is 0 Å². The zero-order chi connectivity index (χ0) is 19.3. The van der Waals surface area contributed by atoms with Crippen LogP contribution in [0, 0.1) is 0 Å². The Hall–Kier alpha value is -3.28. The van der Waals surface area contributed by atoms with Crippen molar-refractivity contribution < 1.29 is 14.3 Å². The number of aromatic nitrogens is 1. The number of benzene rings is 2. The lowest BCUT2D eigenvalue weighted by atomic mass is 9.86. The smallest absolute Gasteiger partial charge is 0.407 e. The first-order chi connectivity index (χ1) is 13.7. The molecule has 28 heavy (non-hydrogen) atoms. The fourth-order valence-corrected chi connectivity index (χ4v) is 3.46. The average molecular weight is 377 g/mol. The molecule has 6 heteroatoms. The molecule has 144 valence electrons. The van der Waals surface area contributed by atoms with Crippen molar-refractivity contribution in [2.24, 2.45) is 0 Å². The van der Waals surface area contributed by atoms with E-state index < -0.39 is 6.09 Å². The first kappa shape index (κ1) is 18.1. The van der Waals surface area contributed by atoms with Gasteiger partial charge in [-0.3, -0.25) is 4.79 Å². The minimum atomic E-state index is -0.418. The SMILES string of the molecule is O=C(Cc1ccc2[nH]ccc2c1)N[C@H]1C[C@H](NC(=O)OCc2ccccc2)C1. The Morgan fingerprint density at radius 2 is 1.75 bits per heavy atom. The van der Waals surface area contributed by atoms with Gasteiger partial charge in [-0.25, -0.2) is 4.79 Å². The largest absolute Gasteiger partial charge is 0.445 e. The molecule has 1 saturated carbocycles. The molecule has 6 nitrogen and oxygen atoms in total. The highest BCUT2D eigenvalue weighted by Gasteiger charge is 2.31. The summed E-state index contributed by atoms with van der Waals surface area (Å²) in [6, 6.07) is 17.7. The van der Waals surface area contributed by atoms with E-state index in [-0.39, 0.29) is 24.6 Å². The van der Waals surface area contributed by atoms with Crippen LogP contribution in [-0.2, 0) is 22.6 Å². The Balaban J connectivity index is 1.16. The second-order valence-electron chi connectivity index (χ2n) is 7.21. The molecule has 3 N–H and O–H groups in total. The number of rotatable bonds is 6. The van der Waals surface area contributed by atoms with Crippen molar-refractivity contribution in [3.05, 3.63) is 71.9 Å². The van der Waals surface area contributed by atoms with Gasteiger partial charge in [0.15, 0.2) is 0 Å². The van der Waals surface area contributed by atoms with Gasteiger partial charge in [-0.05, 0) is 47.6 Å². The minimum Gasteiger partial charge on any atom is -0.445 e. The topological polar surface area (TPSA) is 83.2 Å². The normalized spacial score (nSPS) is 18.3. The van der Waals surface area contributed by atoms with E-state index in [0.29, 0.717) is 6.42 Å². The van der Waals surface area contributed by atoms with E-state index in [2.05, 4.69) is 15.6 Å². The number of carbonyl (C=O) groups excluding carboxylic acids is 2. The van der Waals surface area contributed by atoms with Crippen molar-refractivity contribution in [2.75, 3.05) is 0 Å². The number of hydrogen-bond acceptors (Lipinski definition) is 3. The molecule has 0 aliphatic heterocycles. The van der Waals surface area contributed by atoms with Gasteiger partial charge >= 0.3 is 6.09 Å². The third-order valence-corrected chi connectivity index (χ3v) is 5.02. The van der Waals surface area contributed by atoms with Crippen molar-refractivity contribution in [1.82, 2.24) is 15.6 Å². The summed E-state index contributed by atoms with van der Waals surface area (Å²) < 4.78 is 5.22. The molecule has 0 radical (unpaired) electrons. The molecular formula is C22H23N3O3. The zero-order valence-electron chi connectivity index (χ0n) is 15.5. The van der Waals surface area contributed by atoms with Crippen LogP contribution in [-0.4, -0.2) is 29.1 Å². The fourth-order valence-electron chi connectivity index (χ4n) is 3.46. The van der Waals surface area contributed by atoms with Gasteiger partial charge in [0.1, 0.15) is 6.61 Å². The number of nitrogens with one attached hydrogen (secondary N) is 3. The second kappa shape index (κ2) is 8.17. The molecule has 1 aliphatic carbocycles. The molecule has 0 saturated heterocycles. The fraction of sp³-hybridized carbons (Fsp3) is 0.273. The van der Waals surface area contributed by atoms with E-state index in [1.54, 1.807) is 0 Å². The first-order valence-electron chi connectivity index (χ1n) is 9.48. The van der Waals surface area contributed by atoms with Crippen LogP contribution < -0.4 is 10.6 Å². The molecule has 3 aromatic rings. The Morgan fingerprint density at radius 1 is 0.964 bits per heavy atom.